The van der Waals surface area contributed by atoms with Crippen molar-refractivity contribution in [1.82, 2.24) is 4.98 Å². The second-order valence-corrected chi connectivity index (χ2v) is 6.45. The van der Waals surface area contributed by atoms with Crippen molar-refractivity contribution in [1.29, 1.82) is 0 Å². The summed E-state index contributed by atoms with van der Waals surface area (Å²) >= 11 is 7.64. The average Bonchev–Trinajstić information content (AvgIpc) is 3.06. The number of anilines is 1. The molecule has 0 bridgehead atoms. The zero-order chi connectivity index (χ0) is 19.6. The third-order valence-electron chi connectivity index (χ3n) is 3.21. The average molecular weight is 412 g/mol. The van der Waals surface area contributed by atoms with Crippen molar-refractivity contribution in [2.75, 3.05) is 25.2 Å². The Morgan fingerprint density at radius 3 is 2.59 bits per heavy atom. The van der Waals surface area contributed by atoms with Gasteiger partial charge in [0.2, 0.25) is 5.13 Å². The molecule has 146 valence electrons. The molecule has 0 amide bonds. The van der Waals surface area contributed by atoms with E-state index < -0.39 is 0 Å². The molecule has 1 N–H and O–H groups in total. The summed E-state index contributed by atoms with van der Waals surface area (Å²) in [7, 11) is 0. The lowest BCUT2D eigenvalue weighted by Crippen LogP contribution is -2.07. The number of benzene rings is 1. The fourth-order valence-corrected chi connectivity index (χ4v) is 3.00. The lowest BCUT2D eigenvalue weighted by Gasteiger charge is -2.12. The van der Waals surface area contributed by atoms with E-state index in [0.29, 0.717) is 52.7 Å². The van der Waals surface area contributed by atoms with Crippen molar-refractivity contribution in [3.8, 4) is 11.5 Å². The lowest BCUT2D eigenvalue weighted by molar-refractivity contribution is -0.142. The fraction of sp³-hybridized carbons (Fsp3) is 0.389. The number of hydrogen-bond donors (Lipinski definition) is 1. The Morgan fingerprint density at radius 1 is 1.22 bits per heavy atom. The number of nitrogens with zero attached hydrogens (tertiary/aromatic N) is 2. The molecule has 0 spiro atoms. The summed E-state index contributed by atoms with van der Waals surface area (Å²) in [5.74, 6) is 0.900. The molecule has 1 aromatic carbocycles. The van der Waals surface area contributed by atoms with Crippen molar-refractivity contribution >= 4 is 40.3 Å². The number of halogens is 1. The molecule has 0 saturated heterocycles. The van der Waals surface area contributed by atoms with E-state index in [1.54, 1.807) is 30.7 Å². The predicted molar refractivity (Wildman–Crippen MR) is 107 cm³/mol. The molecule has 0 saturated carbocycles. The highest BCUT2D eigenvalue weighted by molar-refractivity contribution is 7.13. The molecule has 0 atom stereocenters. The standard InChI is InChI=1S/C18H22ClN3O4S/c1-4-24-15-7-12(14(19)9-16(15)25-5-2)10-20-22-18-21-13(11-27-18)8-17(23)26-6-3/h7,9-11H,4-6,8H2,1-3H3,(H,21,22). The van der Waals surface area contributed by atoms with Crippen molar-refractivity contribution in [2.45, 2.75) is 27.2 Å². The SMILES string of the molecule is CCOC(=O)Cc1csc(NN=Cc2cc(OCC)c(OCC)cc2Cl)n1. The van der Waals surface area contributed by atoms with E-state index in [2.05, 4.69) is 15.5 Å². The van der Waals surface area contributed by atoms with Crippen LogP contribution >= 0.6 is 22.9 Å². The number of ether oxygens (including phenoxy) is 3. The summed E-state index contributed by atoms with van der Waals surface area (Å²) in [5, 5.41) is 7.00. The summed E-state index contributed by atoms with van der Waals surface area (Å²) in [4.78, 5) is 15.8. The Bertz CT molecular complexity index is 795. The first-order chi connectivity index (χ1) is 13.1. The van der Waals surface area contributed by atoms with Gasteiger partial charge in [0, 0.05) is 17.0 Å². The first-order valence-corrected chi connectivity index (χ1v) is 9.81. The molecular weight excluding hydrogens is 390 g/mol. The summed E-state index contributed by atoms with van der Waals surface area (Å²) in [5.41, 5.74) is 4.14. The summed E-state index contributed by atoms with van der Waals surface area (Å²) < 4.78 is 16.0. The number of rotatable bonds is 10. The number of esters is 1. The van der Waals surface area contributed by atoms with Crippen LogP contribution in [0.4, 0.5) is 5.13 Å². The van der Waals surface area contributed by atoms with E-state index in [0.717, 1.165) is 0 Å². The van der Waals surface area contributed by atoms with E-state index in [-0.39, 0.29) is 12.4 Å². The molecule has 0 aliphatic carbocycles. The van der Waals surface area contributed by atoms with Crippen LogP contribution in [0.5, 0.6) is 11.5 Å². The minimum absolute atomic E-state index is 0.137. The molecule has 0 radical (unpaired) electrons. The molecule has 2 rings (SSSR count). The molecule has 1 heterocycles. The largest absolute Gasteiger partial charge is 0.490 e. The van der Waals surface area contributed by atoms with Gasteiger partial charge in [-0.05, 0) is 26.8 Å². The summed E-state index contributed by atoms with van der Waals surface area (Å²) in [6.45, 7) is 6.94. The van der Waals surface area contributed by atoms with Gasteiger partial charge in [0.05, 0.1) is 43.2 Å². The quantitative estimate of drug-likeness (QED) is 0.359. The number of hydrogen-bond acceptors (Lipinski definition) is 8. The van der Waals surface area contributed by atoms with Crippen LogP contribution in [-0.4, -0.2) is 37.0 Å². The van der Waals surface area contributed by atoms with E-state index >= 15 is 0 Å². The number of hydrazone groups is 1. The molecule has 0 unspecified atom stereocenters. The molecule has 0 aliphatic rings. The maximum absolute atomic E-state index is 11.5. The van der Waals surface area contributed by atoms with Crippen LogP contribution in [0.1, 0.15) is 32.0 Å². The Morgan fingerprint density at radius 2 is 1.93 bits per heavy atom. The number of aromatic nitrogens is 1. The zero-order valence-corrected chi connectivity index (χ0v) is 17.0. The first kappa shape index (κ1) is 21.0. The van der Waals surface area contributed by atoms with Crippen LogP contribution < -0.4 is 14.9 Å². The third-order valence-corrected chi connectivity index (χ3v) is 4.33. The van der Waals surface area contributed by atoms with E-state index in [9.17, 15) is 4.79 Å². The van der Waals surface area contributed by atoms with Gasteiger partial charge in [-0.2, -0.15) is 5.10 Å². The summed E-state index contributed by atoms with van der Waals surface area (Å²) in [6.07, 6.45) is 1.71. The lowest BCUT2D eigenvalue weighted by atomic mass is 10.2. The van der Waals surface area contributed by atoms with Gasteiger partial charge in [-0.15, -0.1) is 11.3 Å². The molecule has 7 nitrogen and oxygen atoms in total. The minimum atomic E-state index is -0.303. The van der Waals surface area contributed by atoms with Gasteiger partial charge in [0.15, 0.2) is 11.5 Å². The fourth-order valence-electron chi connectivity index (χ4n) is 2.14. The van der Waals surface area contributed by atoms with Crippen LogP contribution in [0, 0.1) is 0 Å². The second kappa shape index (κ2) is 10.7. The van der Waals surface area contributed by atoms with E-state index in [1.807, 2.05) is 13.8 Å². The molecular formula is C18H22ClN3O4S. The minimum Gasteiger partial charge on any atom is -0.490 e. The van der Waals surface area contributed by atoms with Gasteiger partial charge < -0.3 is 14.2 Å². The number of carbonyl (C=O) groups excluding carboxylic acids is 1. The van der Waals surface area contributed by atoms with Crippen molar-refractivity contribution in [2.24, 2.45) is 5.10 Å². The number of thiazole rings is 1. The Hall–Kier alpha value is -2.32. The third kappa shape index (κ3) is 6.41. The molecule has 0 fully saturated rings. The van der Waals surface area contributed by atoms with Crippen molar-refractivity contribution in [3.63, 3.8) is 0 Å². The van der Waals surface area contributed by atoms with Crippen molar-refractivity contribution < 1.29 is 19.0 Å². The van der Waals surface area contributed by atoms with Crippen LogP contribution in [0.3, 0.4) is 0 Å². The zero-order valence-electron chi connectivity index (χ0n) is 15.5. The molecule has 27 heavy (non-hydrogen) atoms. The van der Waals surface area contributed by atoms with Gasteiger partial charge in [0.25, 0.3) is 0 Å². The first-order valence-electron chi connectivity index (χ1n) is 8.55. The summed E-state index contributed by atoms with van der Waals surface area (Å²) in [6, 6.07) is 3.48. The Balaban J connectivity index is 2.04. The molecule has 0 aliphatic heterocycles. The normalized spacial score (nSPS) is 10.8. The van der Waals surface area contributed by atoms with E-state index in [4.69, 9.17) is 25.8 Å². The van der Waals surface area contributed by atoms with Gasteiger partial charge in [-0.1, -0.05) is 11.6 Å². The highest BCUT2D eigenvalue weighted by atomic mass is 35.5. The molecule has 2 aromatic rings. The van der Waals surface area contributed by atoms with E-state index in [1.165, 1.54) is 11.3 Å². The van der Waals surface area contributed by atoms with Crippen LogP contribution in [0.15, 0.2) is 22.6 Å². The van der Waals surface area contributed by atoms with Crippen LogP contribution in [-0.2, 0) is 16.0 Å². The Kier molecular flexibility index (Phi) is 8.35. The Labute approximate surface area is 167 Å². The molecule has 9 heteroatoms. The smallest absolute Gasteiger partial charge is 0.311 e. The van der Waals surface area contributed by atoms with Crippen molar-refractivity contribution in [3.05, 3.63) is 33.8 Å². The number of nitrogens with one attached hydrogen (secondary N) is 1. The van der Waals surface area contributed by atoms with Gasteiger partial charge in [-0.25, -0.2) is 4.98 Å². The van der Waals surface area contributed by atoms with Crippen LogP contribution in [0.2, 0.25) is 5.02 Å². The second-order valence-electron chi connectivity index (χ2n) is 5.18. The monoisotopic (exact) mass is 411 g/mol. The predicted octanol–water partition coefficient (Wildman–Crippen LogP) is 4.15. The van der Waals surface area contributed by atoms with Gasteiger partial charge in [-0.3, -0.25) is 10.2 Å². The maximum atomic E-state index is 11.5. The van der Waals surface area contributed by atoms with Gasteiger partial charge >= 0.3 is 5.97 Å². The molecule has 1 aromatic heterocycles. The highest BCUT2D eigenvalue weighted by Gasteiger charge is 2.10. The maximum Gasteiger partial charge on any atom is 0.311 e. The number of carbonyl (C=O) groups is 1. The topological polar surface area (TPSA) is 82.0 Å². The van der Waals surface area contributed by atoms with Gasteiger partial charge in [0.1, 0.15) is 0 Å². The van der Waals surface area contributed by atoms with Crippen LogP contribution in [0.25, 0.3) is 0 Å². The highest BCUT2D eigenvalue weighted by Crippen LogP contribution is 2.33.